The summed E-state index contributed by atoms with van der Waals surface area (Å²) in [5, 5.41) is 22.4. The molecule has 4 rings (SSSR count). The minimum absolute atomic E-state index is 0.00106. The largest absolute Gasteiger partial charge is 0.392 e. The molecule has 0 spiro atoms. The average molecular weight is 879 g/mol. The Bertz CT molecular complexity index is 1410. The van der Waals surface area contributed by atoms with Crippen molar-refractivity contribution < 1.29 is 57.6 Å². The van der Waals surface area contributed by atoms with Gasteiger partial charge in [0.2, 0.25) is 0 Å². The fourth-order valence-electron chi connectivity index (χ4n) is 10.4. The van der Waals surface area contributed by atoms with Crippen LogP contribution in [0, 0.1) is 47.3 Å². The first kappa shape index (κ1) is 53.1. The van der Waals surface area contributed by atoms with Crippen molar-refractivity contribution in [2.45, 2.75) is 168 Å². The maximum atomic E-state index is 11.2. The van der Waals surface area contributed by atoms with Crippen molar-refractivity contribution in [1.29, 1.82) is 0 Å². The molecule has 0 aromatic rings. The Balaban J connectivity index is 1.33. The standard InChI is InChI=1S/C50H86O12/c1-15-39(53-9)33(7)35-25-37(35)45(51)29(3)19-17-21-31(5)47-41(55-11)27-43(57-13)50(62-47)60-24-23-59-49-42(56-12)28-44(58-14)61-48(49)32(6)22-18-20-30(4)46(52)38-26-36(38)34(8)40(16-2)54-10/h17-22,29-30,33-52H,15-16,23-28H2,1-14H3/b19-17+,20-18+,31-21+,32-22+/t29-,30-,33-,34-,35-,36-,37+,38+,39-,40-,41+,42-,43+,44+,45+,46+,47+,48+,49-,50+/m0/s1. The quantitative estimate of drug-likeness (QED) is 0.0619. The van der Waals surface area contributed by atoms with Crippen molar-refractivity contribution in [2.75, 3.05) is 55.9 Å². The molecule has 2 aliphatic carbocycles. The molecule has 0 aromatic heterocycles. The van der Waals surface area contributed by atoms with Crippen molar-refractivity contribution in [1.82, 2.24) is 0 Å². The number of ether oxygens (including phenoxy) is 10. The van der Waals surface area contributed by atoms with E-state index < -0.39 is 37.0 Å². The van der Waals surface area contributed by atoms with Gasteiger partial charge >= 0.3 is 0 Å². The van der Waals surface area contributed by atoms with Crippen molar-refractivity contribution in [3.63, 3.8) is 0 Å². The second kappa shape index (κ2) is 26.0. The van der Waals surface area contributed by atoms with Gasteiger partial charge in [0, 0.05) is 67.3 Å². The average Bonchev–Trinajstić information content (AvgIpc) is 4.23. The minimum atomic E-state index is -0.637. The molecule has 358 valence electrons. The summed E-state index contributed by atoms with van der Waals surface area (Å²) in [5.41, 5.74) is 1.96. The summed E-state index contributed by atoms with van der Waals surface area (Å²) in [4.78, 5) is 0. The predicted octanol–water partition coefficient (Wildman–Crippen LogP) is 7.70. The monoisotopic (exact) mass is 879 g/mol. The molecule has 0 unspecified atom stereocenters. The molecule has 2 heterocycles. The lowest BCUT2D eigenvalue weighted by atomic mass is 9.91. The van der Waals surface area contributed by atoms with Gasteiger partial charge in [-0.2, -0.15) is 0 Å². The van der Waals surface area contributed by atoms with E-state index in [4.69, 9.17) is 47.4 Å². The van der Waals surface area contributed by atoms with Crippen molar-refractivity contribution >= 4 is 0 Å². The van der Waals surface area contributed by atoms with Gasteiger partial charge in [-0.25, -0.2) is 0 Å². The van der Waals surface area contributed by atoms with E-state index in [1.54, 1.807) is 42.7 Å². The normalized spacial score (nSPS) is 36.0. The predicted molar refractivity (Wildman–Crippen MR) is 241 cm³/mol. The molecule has 0 aromatic carbocycles. The Morgan fingerprint density at radius 2 is 1.06 bits per heavy atom. The van der Waals surface area contributed by atoms with E-state index in [0.29, 0.717) is 48.3 Å². The highest BCUT2D eigenvalue weighted by Gasteiger charge is 2.49. The SMILES string of the molecule is CC[C@H](OC)[C@@H](C)[C@@H]1C[C@H]1[C@H](O)[C@@H](C)/C=C/C=C(\C)[C@H]1O[C@@H](OC)C[C@H](OC)[C@@H]1OCCO[C@@H]1O[C@H](/C(C)=C/C=C/[C@H](C)[C@@H](O)[C@@H]2C[C@H]2[C@H](C)[C@H](CC)OC)[C@H](OC)C[C@H]1OC. The van der Waals surface area contributed by atoms with Crippen molar-refractivity contribution in [2.24, 2.45) is 47.3 Å². The van der Waals surface area contributed by atoms with Crippen LogP contribution < -0.4 is 0 Å². The zero-order chi connectivity index (χ0) is 45.7. The Kier molecular flexibility index (Phi) is 22.3. The number of methoxy groups -OCH3 is 6. The molecule has 0 amide bonds. The number of aliphatic hydroxyl groups excluding tert-OH is 2. The van der Waals surface area contributed by atoms with Crippen LogP contribution in [0.1, 0.15) is 93.9 Å². The lowest BCUT2D eigenvalue weighted by Crippen LogP contribution is -2.52. The molecule has 0 radical (unpaired) electrons. The zero-order valence-electron chi connectivity index (χ0n) is 40.6. The Hall–Kier alpha value is -1.52. The zero-order valence-corrected chi connectivity index (χ0v) is 40.6. The molecule has 20 atom stereocenters. The molecule has 2 N–H and O–H groups in total. The second-order valence-electron chi connectivity index (χ2n) is 18.6. The molecule has 2 saturated carbocycles. The second-order valence-corrected chi connectivity index (χ2v) is 18.6. The van der Waals surface area contributed by atoms with Crippen molar-refractivity contribution in [3.8, 4) is 0 Å². The summed E-state index contributed by atoms with van der Waals surface area (Å²) in [6, 6.07) is 0. The Morgan fingerprint density at radius 3 is 1.52 bits per heavy atom. The highest BCUT2D eigenvalue weighted by atomic mass is 16.7. The molecule has 12 nitrogen and oxygen atoms in total. The number of rotatable bonds is 27. The van der Waals surface area contributed by atoms with Crippen LogP contribution in [0.3, 0.4) is 0 Å². The maximum absolute atomic E-state index is 11.2. The number of aliphatic hydroxyl groups is 2. The van der Waals surface area contributed by atoms with Crippen LogP contribution in [0.4, 0.5) is 0 Å². The summed E-state index contributed by atoms with van der Waals surface area (Å²) in [7, 11) is 10.2. The van der Waals surface area contributed by atoms with Gasteiger partial charge in [0.05, 0.1) is 49.8 Å². The first-order valence-electron chi connectivity index (χ1n) is 23.5. The summed E-state index contributed by atoms with van der Waals surface area (Å²) < 4.78 is 60.5. The topological polar surface area (TPSA) is 133 Å². The highest BCUT2D eigenvalue weighted by Crippen LogP contribution is 2.51. The lowest BCUT2D eigenvalue weighted by Gasteiger charge is -2.41. The fourth-order valence-corrected chi connectivity index (χ4v) is 10.4. The van der Waals surface area contributed by atoms with Gasteiger partial charge in [-0.3, -0.25) is 0 Å². The first-order chi connectivity index (χ1) is 29.7. The fraction of sp³-hybridized carbons (Fsp3) is 0.840. The third-order valence-corrected chi connectivity index (χ3v) is 14.7. The maximum Gasteiger partial charge on any atom is 0.184 e. The van der Waals surface area contributed by atoms with Gasteiger partial charge in [0.15, 0.2) is 12.6 Å². The van der Waals surface area contributed by atoms with E-state index in [1.165, 1.54) is 0 Å². The highest BCUT2D eigenvalue weighted by molar-refractivity contribution is 5.20. The summed E-state index contributed by atoms with van der Waals surface area (Å²) >= 11 is 0. The molecule has 2 aliphatic heterocycles. The van der Waals surface area contributed by atoms with Crippen LogP contribution in [0.2, 0.25) is 0 Å². The van der Waals surface area contributed by atoms with E-state index in [2.05, 4.69) is 53.7 Å². The Labute approximate surface area is 375 Å². The molecule has 12 heteroatoms. The van der Waals surface area contributed by atoms with E-state index >= 15 is 0 Å². The van der Waals surface area contributed by atoms with Crippen LogP contribution in [0.15, 0.2) is 47.6 Å². The number of hydrogen-bond donors (Lipinski definition) is 2. The third kappa shape index (κ3) is 14.0. The van der Waals surface area contributed by atoms with Gasteiger partial charge in [-0.15, -0.1) is 0 Å². The molecular weight excluding hydrogens is 793 g/mol. The minimum Gasteiger partial charge on any atom is -0.392 e. The van der Waals surface area contributed by atoms with E-state index in [0.717, 1.165) is 36.8 Å². The van der Waals surface area contributed by atoms with E-state index in [9.17, 15) is 10.2 Å². The van der Waals surface area contributed by atoms with E-state index in [1.807, 2.05) is 38.2 Å². The van der Waals surface area contributed by atoms with Gasteiger partial charge in [0.25, 0.3) is 0 Å². The van der Waals surface area contributed by atoms with Crippen molar-refractivity contribution in [3.05, 3.63) is 47.6 Å². The summed E-state index contributed by atoms with van der Waals surface area (Å²) in [6.45, 7) is 17.5. The van der Waals surface area contributed by atoms with Crippen LogP contribution >= 0.6 is 0 Å². The third-order valence-electron chi connectivity index (χ3n) is 14.7. The smallest absolute Gasteiger partial charge is 0.184 e. The Morgan fingerprint density at radius 1 is 0.581 bits per heavy atom. The lowest BCUT2D eigenvalue weighted by molar-refractivity contribution is -0.274. The molecule has 4 fully saturated rings. The summed E-state index contributed by atoms with van der Waals surface area (Å²) in [5.74, 6) is 2.44. The van der Waals surface area contributed by atoms with Gasteiger partial charge in [-0.05, 0) is 86.2 Å². The van der Waals surface area contributed by atoms with Gasteiger partial charge in [0.1, 0.15) is 24.4 Å². The number of hydrogen-bond acceptors (Lipinski definition) is 12. The van der Waals surface area contributed by atoms with Crippen LogP contribution in [-0.4, -0.2) is 140 Å². The van der Waals surface area contributed by atoms with Crippen LogP contribution in [0.25, 0.3) is 0 Å². The molecule has 0 bridgehead atoms. The van der Waals surface area contributed by atoms with E-state index in [-0.39, 0.29) is 61.7 Å². The molecule has 2 saturated heterocycles. The number of allylic oxidation sites excluding steroid dienone is 4. The van der Waals surface area contributed by atoms with Crippen LogP contribution in [0.5, 0.6) is 0 Å². The van der Waals surface area contributed by atoms with Crippen LogP contribution in [-0.2, 0) is 47.4 Å². The van der Waals surface area contributed by atoms with Gasteiger partial charge in [-0.1, -0.05) is 78.0 Å². The molecular formula is C50H86O12. The first-order valence-corrected chi connectivity index (χ1v) is 23.5. The summed E-state index contributed by atoms with van der Waals surface area (Å²) in [6.07, 6.45) is 14.0. The molecule has 62 heavy (non-hydrogen) atoms. The molecule has 4 aliphatic rings. The van der Waals surface area contributed by atoms with Gasteiger partial charge < -0.3 is 57.6 Å².